The van der Waals surface area contributed by atoms with E-state index >= 15 is 0 Å². The van der Waals surface area contributed by atoms with Crippen molar-refractivity contribution in [3.63, 3.8) is 0 Å². The van der Waals surface area contributed by atoms with Gasteiger partial charge in [0.25, 0.3) is 5.91 Å². The van der Waals surface area contributed by atoms with Gasteiger partial charge in [0.2, 0.25) is 11.8 Å². The third-order valence-corrected chi connectivity index (χ3v) is 5.81. The Hall–Kier alpha value is -3.15. The van der Waals surface area contributed by atoms with Gasteiger partial charge in [-0.2, -0.15) is 0 Å². The molecule has 0 heterocycles. The Bertz CT molecular complexity index is 930. The van der Waals surface area contributed by atoms with Crippen LogP contribution >= 0.6 is 0 Å². The molecule has 0 aliphatic heterocycles. The first-order chi connectivity index (χ1) is 15.3. The predicted molar refractivity (Wildman–Crippen MR) is 131 cm³/mol. The van der Waals surface area contributed by atoms with Crippen molar-refractivity contribution in [2.75, 3.05) is 16.0 Å². The molecule has 0 fully saturated rings. The van der Waals surface area contributed by atoms with Crippen LogP contribution in [0.3, 0.4) is 0 Å². The summed E-state index contributed by atoms with van der Waals surface area (Å²) >= 11 is 0. The van der Waals surface area contributed by atoms with E-state index in [1.165, 1.54) is 0 Å². The van der Waals surface area contributed by atoms with Crippen molar-refractivity contribution in [2.45, 2.75) is 60.3 Å². The molecule has 6 heteroatoms. The van der Waals surface area contributed by atoms with E-state index in [2.05, 4.69) is 16.0 Å². The van der Waals surface area contributed by atoms with Gasteiger partial charge < -0.3 is 16.0 Å². The number of anilines is 3. The van der Waals surface area contributed by atoms with E-state index in [1.807, 2.05) is 46.8 Å². The van der Waals surface area contributed by atoms with Gasteiger partial charge in [-0.05, 0) is 74.6 Å². The normalized spacial score (nSPS) is 10.8. The lowest BCUT2D eigenvalue weighted by molar-refractivity contribution is -0.120. The SMILES string of the molecule is CCC(CC)C(=O)Nc1ccc(C(=O)Nc2ccc(C)cc2NC(=O)C(CC)CC)cc1. The molecule has 0 bridgehead atoms. The number of amides is 3. The molecule has 2 aromatic rings. The summed E-state index contributed by atoms with van der Waals surface area (Å²) in [6.45, 7) is 9.90. The molecule has 3 N–H and O–H groups in total. The van der Waals surface area contributed by atoms with E-state index in [0.29, 0.717) is 22.6 Å². The average molecular weight is 438 g/mol. The number of carbonyl (C=O) groups excluding carboxylic acids is 3. The molecule has 3 amide bonds. The standard InChI is InChI=1S/C26H35N3O3/c1-6-18(7-2)24(30)27-21-13-11-20(12-14-21)26(32)28-22-15-10-17(5)16-23(22)29-25(31)19(8-3)9-4/h10-16,18-19H,6-9H2,1-5H3,(H,27,30)(H,28,32)(H,29,31). The summed E-state index contributed by atoms with van der Waals surface area (Å²) in [6, 6.07) is 12.3. The van der Waals surface area contributed by atoms with Crippen LogP contribution < -0.4 is 16.0 Å². The van der Waals surface area contributed by atoms with E-state index < -0.39 is 0 Å². The third kappa shape index (κ3) is 6.67. The second-order valence-corrected chi connectivity index (χ2v) is 8.09. The molecule has 0 unspecified atom stereocenters. The highest BCUT2D eigenvalue weighted by Crippen LogP contribution is 2.25. The first-order valence-corrected chi connectivity index (χ1v) is 11.5. The lowest BCUT2D eigenvalue weighted by Crippen LogP contribution is -2.23. The highest BCUT2D eigenvalue weighted by molar-refractivity contribution is 6.07. The van der Waals surface area contributed by atoms with Crippen molar-refractivity contribution in [3.05, 3.63) is 53.6 Å². The summed E-state index contributed by atoms with van der Waals surface area (Å²) in [4.78, 5) is 37.6. The molecule has 2 aromatic carbocycles. The van der Waals surface area contributed by atoms with Gasteiger partial charge in [0.05, 0.1) is 11.4 Å². The van der Waals surface area contributed by atoms with Crippen molar-refractivity contribution in [3.8, 4) is 0 Å². The van der Waals surface area contributed by atoms with Gasteiger partial charge >= 0.3 is 0 Å². The van der Waals surface area contributed by atoms with Gasteiger partial charge in [-0.25, -0.2) is 0 Å². The minimum absolute atomic E-state index is 0.00953. The Morgan fingerprint density at radius 2 is 1.22 bits per heavy atom. The summed E-state index contributed by atoms with van der Waals surface area (Å²) in [6.07, 6.45) is 3.09. The topological polar surface area (TPSA) is 87.3 Å². The van der Waals surface area contributed by atoms with Crippen molar-refractivity contribution in [1.29, 1.82) is 0 Å². The Labute approximate surface area is 191 Å². The van der Waals surface area contributed by atoms with Gasteiger partial charge in [-0.1, -0.05) is 33.8 Å². The minimum atomic E-state index is -0.287. The number of carbonyl (C=O) groups is 3. The van der Waals surface area contributed by atoms with Crippen LogP contribution in [-0.2, 0) is 9.59 Å². The third-order valence-electron chi connectivity index (χ3n) is 5.81. The molecule has 0 radical (unpaired) electrons. The van der Waals surface area contributed by atoms with Crippen LogP contribution in [-0.4, -0.2) is 17.7 Å². The summed E-state index contributed by atoms with van der Waals surface area (Å²) in [5, 5.41) is 8.75. The minimum Gasteiger partial charge on any atom is -0.326 e. The van der Waals surface area contributed by atoms with Crippen LogP contribution in [0.15, 0.2) is 42.5 Å². The zero-order chi connectivity index (χ0) is 23.7. The van der Waals surface area contributed by atoms with Crippen LogP contribution in [0.2, 0.25) is 0 Å². The van der Waals surface area contributed by atoms with Gasteiger partial charge in [0.1, 0.15) is 0 Å². The summed E-state index contributed by atoms with van der Waals surface area (Å²) in [5.41, 5.74) is 3.24. The molecule has 6 nitrogen and oxygen atoms in total. The molecule has 0 aromatic heterocycles. The molecule has 0 aliphatic rings. The second-order valence-electron chi connectivity index (χ2n) is 8.09. The monoisotopic (exact) mass is 437 g/mol. The fourth-order valence-corrected chi connectivity index (χ4v) is 3.57. The molecule has 0 saturated carbocycles. The first-order valence-electron chi connectivity index (χ1n) is 11.5. The average Bonchev–Trinajstić information content (AvgIpc) is 2.77. The highest BCUT2D eigenvalue weighted by atomic mass is 16.2. The smallest absolute Gasteiger partial charge is 0.255 e. The number of rotatable bonds is 10. The van der Waals surface area contributed by atoms with Gasteiger partial charge in [0.15, 0.2) is 0 Å². The highest BCUT2D eigenvalue weighted by Gasteiger charge is 2.18. The second kappa shape index (κ2) is 12.0. The maximum atomic E-state index is 12.8. The van der Waals surface area contributed by atoms with Crippen molar-refractivity contribution >= 4 is 34.8 Å². The lowest BCUT2D eigenvalue weighted by Gasteiger charge is -2.17. The molecule has 2 rings (SSSR count). The van der Waals surface area contributed by atoms with E-state index in [1.54, 1.807) is 30.3 Å². The Kier molecular flexibility index (Phi) is 9.44. The van der Waals surface area contributed by atoms with Crippen LogP contribution in [0.5, 0.6) is 0 Å². The van der Waals surface area contributed by atoms with E-state index in [9.17, 15) is 14.4 Å². The Morgan fingerprint density at radius 3 is 1.75 bits per heavy atom. The van der Waals surface area contributed by atoms with E-state index in [4.69, 9.17) is 0 Å². The quantitative estimate of drug-likeness (QED) is 0.426. The van der Waals surface area contributed by atoms with E-state index in [0.717, 1.165) is 31.2 Å². The van der Waals surface area contributed by atoms with Crippen molar-refractivity contribution in [2.24, 2.45) is 11.8 Å². The molecule has 0 saturated heterocycles. The predicted octanol–water partition coefficient (Wildman–Crippen LogP) is 6.00. The van der Waals surface area contributed by atoms with Crippen LogP contribution in [0.25, 0.3) is 0 Å². The lowest BCUT2D eigenvalue weighted by atomic mass is 10.0. The summed E-state index contributed by atoms with van der Waals surface area (Å²) in [7, 11) is 0. The number of benzene rings is 2. The number of hydrogen-bond donors (Lipinski definition) is 3. The molecule has 0 atom stereocenters. The molecule has 0 spiro atoms. The van der Waals surface area contributed by atoms with Crippen molar-refractivity contribution < 1.29 is 14.4 Å². The van der Waals surface area contributed by atoms with E-state index in [-0.39, 0.29) is 29.6 Å². The molecule has 0 aliphatic carbocycles. The zero-order valence-electron chi connectivity index (χ0n) is 19.7. The van der Waals surface area contributed by atoms with Crippen molar-refractivity contribution in [1.82, 2.24) is 0 Å². The number of hydrogen-bond acceptors (Lipinski definition) is 3. The fourth-order valence-electron chi connectivity index (χ4n) is 3.57. The molecular formula is C26H35N3O3. The largest absolute Gasteiger partial charge is 0.326 e. The van der Waals surface area contributed by atoms with Crippen LogP contribution in [0.1, 0.15) is 69.3 Å². The maximum absolute atomic E-state index is 12.8. The zero-order valence-corrected chi connectivity index (χ0v) is 19.7. The first kappa shape index (κ1) is 25.1. The van der Waals surface area contributed by atoms with Crippen LogP contribution in [0.4, 0.5) is 17.1 Å². The van der Waals surface area contributed by atoms with Gasteiger partial charge in [-0.15, -0.1) is 0 Å². The number of aryl methyl sites for hydroxylation is 1. The molecule has 172 valence electrons. The van der Waals surface area contributed by atoms with Gasteiger partial charge in [-0.3, -0.25) is 14.4 Å². The van der Waals surface area contributed by atoms with Crippen LogP contribution in [0, 0.1) is 18.8 Å². The Morgan fingerprint density at radius 1 is 0.688 bits per heavy atom. The number of nitrogens with one attached hydrogen (secondary N) is 3. The summed E-state index contributed by atoms with van der Waals surface area (Å²) < 4.78 is 0. The Balaban J connectivity index is 2.12. The van der Waals surface area contributed by atoms with Gasteiger partial charge in [0, 0.05) is 23.1 Å². The fraction of sp³-hybridized carbons (Fsp3) is 0.423. The maximum Gasteiger partial charge on any atom is 0.255 e. The molecular weight excluding hydrogens is 402 g/mol. The molecule has 32 heavy (non-hydrogen) atoms. The summed E-state index contributed by atoms with van der Waals surface area (Å²) in [5.74, 6) is -0.432.